The molecule has 2 aliphatic rings. The van der Waals surface area contributed by atoms with E-state index in [1.54, 1.807) is 0 Å². The van der Waals surface area contributed by atoms with Gasteiger partial charge in [0.05, 0.1) is 0 Å². The van der Waals surface area contributed by atoms with Gasteiger partial charge >= 0.3 is 0 Å². The van der Waals surface area contributed by atoms with Crippen LogP contribution in [0, 0.1) is 17.8 Å². The van der Waals surface area contributed by atoms with Crippen LogP contribution in [-0.4, -0.2) is 24.5 Å². The Balaban J connectivity index is 2.07. The molecule has 1 heterocycles. The van der Waals surface area contributed by atoms with Crippen LogP contribution in [0.1, 0.15) is 26.7 Å². The van der Waals surface area contributed by atoms with Gasteiger partial charge < -0.3 is 4.90 Å². The molecule has 64 valence electrons. The van der Waals surface area contributed by atoms with Crippen molar-refractivity contribution in [2.75, 3.05) is 13.6 Å². The molecule has 0 N–H and O–H groups in total. The number of rotatable bonds is 0. The van der Waals surface area contributed by atoms with Crippen LogP contribution in [-0.2, 0) is 0 Å². The zero-order valence-electron chi connectivity index (χ0n) is 7.88. The van der Waals surface area contributed by atoms with E-state index < -0.39 is 0 Å². The lowest BCUT2D eigenvalue weighted by Gasteiger charge is -2.19. The molecule has 2 rings (SSSR count). The average molecular weight is 153 g/mol. The highest BCUT2D eigenvalue weighted by atomic mass is 15.2. The van der Waals surface area contributed by atoms with Crippen LogP contribution in [0.15, 0.2) is 0 Å². The molecule has 1 saturated carbocycles. The van der Waals surface area contributed by atoms with Gasteiger partial charge in [0.2, 0.25) is 0 Å². The first-order valence-electron chi connectivity index (χ1n) is 4.88. The van der Waals surface area contributed by atoms with Gasteiger partial charge in [-0.05, 0) is 44.6 Å². The van der Waals surface area contributed by atoms with Gasteiger partial charge in [-0.25, -0.2) is 0 Å². The molecule has 0 radical (unpaired) electrons. The van der Waals surface area contributed by atoms with Crippen molar-refractivity contribution in [3.8, 4) is 0 Å². The maximum absolute atomic E-state index is 2.53. The smallest absolute Gasteiger partial charge is 0.00954 e. The molecule has 1 aliphatic heterocycles. The largest absolute Gasteiger partial charge is 0.303 e. The first kappa shape index (κ1) is 7.60. The molecule has 0 bridgehead atoms. The molecule has 4 atom stereocenters. The van der Waals surface area contributed by atoms with Crippen molar-refractivity contribution in [2.45, 2.75) is 32.7 Å². The Morgan fingerprint density at radius 1 is 1.18 bits per heavy atom. The van der Waals surface area contributed by atoms with E-state index in [2.05, 4.69) is 25.8 Å². The molecule has 11 heavy (non-hydrogen) atoms. The van der Waals surface area contributed by atoms with Gasteiger partial charge in [-0.2, -0.15) is 0 Å². The van der Waals surface area contributed by atoms with Gasteiger partial charge in [0, 0.05) is 12.6 Å². The second-order valence-electron chi connectivity index (χ2n) is 4.68. The second kappa shape index (κ2) is 2.48. The lowest BCUT2D eigenvalue weighted by molar-refractivity contribution is 0.276. The van der Waals surface area contributed by atoms with Crippen LogP contribution < -0.4 is 0 Å². The Labute approximate surface area is 69.8 Å². The number of nitrogens with zero attached hydrogens (tertiary/aromatic N) is 1. The SMILES string of the molecule is CC1CC2CN(C)C(C)C2C1. The van der Waals surface area contributed by atoms with Gasteiger partial charge in [0.25, 0.3) is 0 Å². The Kier molecular flexibility index (Phi) is 1.71. The van der Waals surface area contributed by atoms with Crippen molar-refractivity contribution in [1.29, 1.82) is 0 Å². The molecular weight excluding hydrogens is 134 g/mol. The fourth-order valence-corrected chi connectivity index (χ4v) is 3.11. The third-order valence-electron chi connectivity index (χ3n) is 3.82. The van der Waals surface area contributed by atoms with E-state index in [1.807, 2.05) is 0 Å². The van der Waals surface area contributed by atoms with Crippen molar-refractivity contribution >= 4 is 0 Å². The van der Waals surface area contributed by atoms with Crippen LogP contribution in [0.5, 0.6) is 0 Å². The van der Waals surface area contributed by atoms with Gasteiger partial charge in [0.15, 0.2) is 0 Å². The molecule has 0 spiro atoms. The maximum atomic E-state index is 2.53. The van der Waals surface area contributed by atoms with E-state index in [9.17, 15) is 0 Å². The summed E-state index contributed by atoms with van der Waals surface area (Å²) in [4.78, 5) is 2.53. The summed E-state index contributed by atoms with van der Waals surface area (Å²) in [5, 5.41) is 0. The van der Waals surface area contributed by atoms with E-state index in [-0.39, 0.29) is 0 Å². The molecule has 1 aliphatic carbocycles. The Hall–Kier alpha value is -0.0400. The van der Waals surface area contributed by atoms with Crippen molar-refractivity contribution in [3.05, 3.63) is 0 Å². The van der Waals surface area contributed by atoms with Crippen LogP contribution in [0.4, 0.5) is 0 Å². The summed E-state index contributed by atoms with van der Waals surface area (Å²) in [5.74, 6) is 3.06. The standard InChI is InChI=1S/C10H19N/c1-7-4-9-6-11(3)8(2)10(9)5-7/h7-10H,4-6H2,1-3H3. The molecule has 0 amide bonds. The van der Waals surface area contributed by atoms with Crippen LogP contribution in [0.3, 0.4) is 0 Å². The lowest BCUT2D eigenvalue weighted by Crippen LogP contribution is -2.26. The quantitative estimate of drug-likeness (QED) is 0.514. The maximum Gasteiger partial charge on any atom is 0.00954 e. The molecule has 1 nitrogen and oxygen atoms in total. The third kappa shape index (κ3) is 1.10. The van der Waals surface area contributed by atoms with Crippen LogP contribution >= 0.6 is 0 Å². The molecule has 0 aromatic heterocycles. The number of hydrogen-bond acceptors (Lipinski definition) is 1. The third-order valence-corrected chi connectivity index (χ3v) is 3.82. The number of likely N-dealkylation sites (tertiary alicyclic amines) is 1. The zero-order valence-corrected chi connectivity index (χ0v) is 7.88. The highest BCUT2D eigenvalue weighted by Gasteiger charge is 2.42. The van der Waals surface area contributed by atoms with E-state index in [0.29, 0.717) is 0 Å². The molecule has 4 unspecified atom stereocenters. The lowest BCUT2D eigenvalue weighted by atomic mass is 9.95. The molecule has 0 aromatic rings. The van der Waals surface area contributed by atoms with E-state index in [0.717, 1.165) is 23.8 Å². The monoisotopic (exact) mass is 153 g/mol. The van der Waals surface area contributed by atoms with Crippen molar-refractivity contribution < 1.29 is 0 Å². The zero-order chi connectivity index (χ0) is 8.01. The molecular formula is C10H19N. The van der Waals surface area contributed by atoms with E-state index in [1.165, 1.54) is 19.4 Å². The van der Waals surface area contributed by atoms with Gasteiger partial charge in [-0.1, -0.05) is 6.92 Å². The second-order valence-corrected chi connectivity index (χ2v) is 4.68. The summed E-state index contributed by atoms with van der Waals surface area (Å²) < 4.78 is 0. The fraction of sp³-hybridized carbons (Fsp3) is 1.00. The van der Waals surface area contributed by atoms with Gasteiger partial charge in [-0.15, -0.1) is 0 Å². The Bertz CT molecular complexity index is 155. The van der Waals surface area contributed by atoms with Gasteiger partial charge in [-0.3, -0.25) is 0 Å². The van der Waals surface area contributed by atoms with E-state index in [4.69, 9.17) is 0 Å². The molecule has 2 fully saturated rings. The Morgan fingerprint density at radius 3 is 2.55 bits per heavy atom. The fourth-order valence-electron chi connectivity index (χ4n) is 3.11. The predicted molar refractivity (Wildman–Crippen MR) is 47.5 cm³/mol. The number of fused-ring (bicyclic) bond motifs is 1. The summed E-state index contributed by atoms with van der Waals surface area (Å²) in [5.41, 5.74) is 0. The minimum atomic E-state index is 0.852. The predicted octanol–water partition coefficient (Wildman–Crippen LogP) is 1.98. The highest BCUT2D eigenvalue weighted by molar-refractivity contribution is 4.94. The van der Waals surface area contributed by atoms with Crippen molar-refractivity contribution in [2.24, 2.45) is 17.8 Å². The van der Waals surface area contributed by atoms with Crippen LogP contribution in [0.2, 0.25) is 0 Å². The first-order valence-corrected chi connectivity index (χ1v) is 4.88. The summed E-state index contributed by atoms with van der Waals surface area (Å²) in [6.45, 7) is 6.16. The normalized spacial score (nSPS) is 51.5. The number of hydrogen-bond donors (Lipinski definition) is 0. The summed E-state index contributed by atoms with van der Waals surface area (Å²) in [6.07, 6.45) is 2.97. The first-order chi connectivity index (χ1) is 5.18. The molecule has 1 saturated heterocycles. The van der Waals surface area contributed by atoms with Crippen molar-refractivity contribution in [1.82, 2.24) is 4.90 Å². The topological polar surface area (TPSA) is 3.24 Å². The van der Waals surface area contributed by atoms with Gasteiger partial charge in [0.1, 0.15) is 0 Å². The summed E-state index contributed by atoms with van der Waals surface area (Å²) in [7, 11) is 2.27. The van der Waals surface area contributed by atoms with E-state index >= 15 is 0 Å². The Morgan fingerprint density at radius 2 is 1.91 bits per heavy atom. The molecule has 0 aromatic carbocycles. The minimum absolute atomic E-state index is 0.852. The summed E-state index contributed by atoms with van der Waals surface area (Å²) in [6, 6.07) is 0.852. The van der Waals surface area contributed by atoms with Crippen LogP contribution in [0.25, 0.3) is 0 Å². The average Bonchev–Trinajstić information content (AvgIpc) is 2.37. The van der Waals surface area contributed by atoms with Crippen molar-refractivity contribution in [3.63, 3.8) is 0 Å². The minimum Gasteiger partial charge on any atom is -0.303 e. The highest BCUT2D eigenvalue weighted by Crippen LogP contribution is 2.43. The summed E-state index contributed by atoms with van der Waals surface area (Å²) >= 11 is 0. The molecule has 1 heteroatoms.